The van der Waals surface area contributed by atoms with E-state index in [1.807, 2.05) is 4.90 Å². The zero-order valence-corrected chi connectivity index (χ0v) is 14.2. The molecule has 128 valence electrons. The van der Waals surface area contributed by atoms with Gasteiger partial charge in [-0.2, -0.15) is 0 Å². The maximum absolute atomic E-state index is 12.7. The van der Waals surface area contributed by atoms with E-state index in [2.05, 4.69) is 0 Å². The first-order chi connectivity index (χ1) is 11.5. The van der Waals surface area contributed by atoms with Crippen molar-refractivity contribution in [3.63, 3.8) is 0 Å². The lowest BCUT2D eigenvalue weighted by Gasteiger charge is -2.33. The second kappa shape index (κ2) is 6.91. The Morgan fingerprint density at radius 1 is 1.17 bits per heavy atom. The zero-order valence-electron chi connectivity index (χ0n) is 13.4. The molecule has 2 fully saturated rings. The molecule has 2 aliphatic heterocycles. The van der Waals surface area contributed by atoms with Crippen LogP contribution in [0.15, 0.2) is 24.3 Å². The molecule has 0 unspecified atom stereocenters. The van der Waals surface area contributed by atoms with Gasteiger partial charge in [-0.3, -0.25) is 19.3 Å². The number of esters is 1. The fourth-order valence-electron chi connectivity index (χ4n) is 3.38. The third-order valence-electron chi connectivity index (χ3n) is 4.71. The van der Waals surface area contributed by atoms with E-state index in [1.165, 1.54) is 12.0 Å². The van der Waals surface area contributed by atoms with E-state index in [0.717, 1.165) is 0 Å². The fraction of sp³-hybridized carbons (Fsp3) is 0.471. The first-order valence-corrected chi connectivity index (χ1v) is 8.33. The van der Waals surface area contributed by atoms with Gasteiger partial charge in [-0.1, -0.05) is 11.6 Å². The number of imide groups is 1. The van der Waals surface area contributed by atoms with Crippen molar-refractivity contribution in [1.82, 2.24) is 4.90 Å². The summed E-state index contributed by atoms with van der Waals surface area (Å²) in [5.74, 6) is -0.738. The number of halogens is 1. The molecule has 0 spiro atoms. The number of nitrogens with zero attached hydrogens (tertiary/aromatic N) is 2. The Morgan fingerprint density at radius 2 is 1.79 bits per heavy atom. The van der Waals surface area contributed by atoms with Gasteiger partial charge in [-0.05, 0) is 50.2 Å². The van der Waals surface area contributed by atoms with Crippen LogP contribution >= 0.6 is 11.6 Å². The molecule has 2 saturated heterocycles. The Kier molecular flexibility index (Phi) is 4.87. The molecule has 0 radical (unpaired) electrons. The first-order valence-electron chi connectivity index (χ1n) is 7.95. The Morgan fingerprint density at radius 3 is 2.38 bits per heavy atom. The van der Waals surface area contributed by atoms with E-state index >= 15 is 0 Å². The average Bonchev–Trinajstić information content (AvgIpc) is 2.90. The summed E-state index contributed by atoms with van der Waals surface area (Å²) in [5, 5.41) is 0.555. The summed E-state index contributed by atoms with van der Waals surface area (Å²) >= 11 is 5.86. The molecule has 1 aromatic carbocycles. The number of ether oxygens (including phenoxy) is 1. The summed E-state index contributed by atoms with van der Waals surface area (Å²) in [6.07, 6.45) is 1.46. The largest absolute Gasteiger partial charge is 0.469 e. The minimum absolute atomic E-state index is 0.120. The van der Waals surface area contributed by atoms with Crippen molar-refractivity contribution in [2.75, 3.05) is 25.1 Å². The number of amides is 2. The number of piperidine rings is 1. The summed E-state index contributed by atoms with van der Waals surface area (Å²) in [6.45, 7) is 1.22. The van der Waals surface area contributed by atoms with Crippen LogP contribution in [-0.2, 0) is 19.1 Å². The van der Waals surface area contributed by atoms with E-state index in [4.69, 9.17) is 16.3 Å². The number of carbonyl (C=O) groups is 3. The maximum atomic E-state index is 12.7. The van der Waals surface area contributed by atoms with Crippen molar-refractivity contribution in [2.45, 2.75) is 25.3 Å². The maximum Gasteiger partial charge on any atom is 0.308 e. The van der Waals surface area contributed by atoms with Gasteiger partial charge in [0.05, 0.1) is 31.2 Å². The molecule has 0 bridgehead atoms. The highest BCUT2D eigenvalue weighted by Crippen LogP contribution is 2.29. The highest BCUT2D eigenvalue weighted by Gasteiger charge is 2.43. The lowest BCUT2D eigenvalue weighted by molar-refractivity contribution is -0.147. The molecule has 7 heteroatoms. The van der Waals surface area contributed by atoms with Gasteiger partial charge in [0.25, 0.3) is 5.91 Å². The molecule has 2 amide bonds. The molecule has 2 aliphatic rings. The van der Waals surface area contributed by atoms with Crippen molar-refractivity contribution in [3.8, 4) is 0 Å². The Bertz CT molecular complexity index is 653. The second-order valence-electron chi connectivity index (χ2n) is 6.10. The van der Waals surface area contributed by atoms with Gasteiger partial charge in [0.1, 0.15) is 0 Å². The lowest BCUT2D eigenvalue weighted by atomic mass is 9.95. The van der Waals surface area contributed by atoms with E-state index in [1.54, 1.807) is 24.3 Å². The van der Waals surface area contributed by atoms with Crippen LogP contribution < -0.4 is 4.90 Å². The van der Waals surface area contributed by atoms with Crippen LogP contribution in [0, 0.1) is 5.92 Å². The van der Waals surface area contributed by atoms with Gasteiger partial charge in [-0.25, -0.2) is 4.90 Å². The molecule has 1 atom stereocenters. The predicted molar refractivity (Wildman–Crippen MR) is 88.7 cm³/mol. The standard InChI is InChI=1S/C17H19ClN2O4/c1-24-17(23)11-6-8-19(9-7-11)14-10-15(21)20(16(14)22)13-4-2-12(18)3-5-13/h2-5,11,14H,6-10H2,1H3/t14-/m0/s1. The quantitative estimate of drug-likeness (QED) is 0.615. The molecule has 1 aromatic rings. The third kappa shape index (κ3) is 3.16. The van der Waals surface area contributed by atoms with Crippen LogP contribution in [0.1, 0.15) is 19.3 Å². The van der Waals surface area contributed by atoms with E-state index in [0.29, 0.717) is 36.6 Å². The van der Waals surface area contributed by atoms with Crippen LogP contribution in [0.5, 0.6) is 0 Å². The van der Waals surface area contributed by atoms with Crippen LogP contribution in [0.4, 0.5) is 5.69 Å². The first kappa shape index (κ1) is 16.9. The normalized spacial score (nSPS) is 22.9. The predicted octanol–water partition coefficient (Wildman–Crippen LogP) is 1.86. The van der Waals surface area contributed by atoms with Gasteiger partial charge in [0.2, 0.25) is 5.91 Å². The third-order valence-corrected chi connectivity index (χ3v) is 4.96. The topological polar surface area (TPSA) is 66.9 Å². The van der Waals surface area contributed by atoms with Gasteiger partial charge in [-0.15, -0.1) is 0 Å². The Balaban J connectivity index is 1.68. The molecule has 2 heterocycles. The Hall–Kier alpha value is -1.92. The minimum atomic E-state index is -0.452. The highest BCUT2D eigenvalue weighted by atomic mass is 35.5. The number of anilines is 1. The minimum Gasteiger partial charge on any atom is -0.469 e. The van der Waals surface area contributed by atoms with Gasteiger partial charge >= 0.3 is 5.97 Å². The van der Waals surface area contributed by atoms with Gasteiger partial charge in [0, 0.05) is 5.02 Å². The number of methoxy groups -OCH3 is 1. The molecule has 24 heavy (non-hydrogen) atoms. The molecule has 0 aliphatic carbocycles. The SMILES string of the molecule is COC(=O)C1CCN([C@H]2CC(=O)N(c3ccc(Cl)cc3)C2=O)CC1. The molecule has 0 N–H and O–H groups in total. The molecular weight excluding hydrogens is 332 g/mol. The summed E-state index contributed by atoms with van der Waals surface area (Å²) in [4.78, 5) is 39.8. The summed E-state index contributed by atoms with van der Waals surface area (Å²) in [5.41, 5.74) is 0.543. The molecule has 3 rings (SSSR count). The van der Waals surface area contributed by atoms with Crippen LogP contribution in [0.3, 0.4) is 0 Å². The van der Waals surface area contributed by atoms with E-state index in [-0.39, 0.29) is 30.1 Å². The zero-order chi connectivity index (χ0) is 17.3. The summed E-state index contributed by atoms with van der Waals surface area (Å²) in [6, 6.07) is 6.21. The van der Waals surface area contributed by atoms with Gasteiger partial charge < -0.3 is 4.74 Å². The number of carbonyl (C=O) groups excluding carboxylic acids is 3. The molecule has 6 nitrogen and oxygen atoms in total. The van der Waals surface area contributed by atoms with Crippen molar-refractivity contribution >= 4 is 35.1 Å². The average molecular weight is 351 g/mol. The van der Waals surface area contributed by atoms with Crippen molar-refractivity contribution in [1.29, 1.82) is 0 Å². The fourth-order valence-corrected chi connectivity index (χ4v) is 3.50. The molecule has 0 saturated carbocycles. The van der Waals surface area contributed by atoms with E-state index < -0.39 is 6.04 Å². The number of hydrogen-bond donors (Lipinski definition) is 0. The summed E-state index contributed by atoms with van der Waals surface area (Å²) < 4.78 is 4.78. The van der Waals surface area contributed by atoms with E-state index in [9.17, 15) is 14.4 Å². The highest BCUT2D eigenvalue weighted by molar-refractivity contribution is 6.30. The number of hydrogen-bond acceptors (Lipinski definition) is 5. The molecule has 0 aromatic heterocycles. The van der Waals surface area contributed by atoms with Gasteiger partial charge in [0.15, 0.2) is 0 Å². The second-order valence-corrected chi connectivity index (χ2v) is 6.53. The smallest absolute Gasteiger partial charge is 0.308 e. The number of likely N-dealkylation sites (tertiary alicyclic amines) is 1. The number of benzene rings is 1. The monoisotopic (exact) mass is 350 g/mol. The molecular formula is C17H19ClN2O4. The summed E-state index contributed by atoms with van der Waals surface area (Å²) in [7, 11) is 1.39. The van der Waals surface area contributed by atoms with Crippen molar-refractivity contribution in [2.24, 2.45) is 5.92 Å². The Labute approximate surface area is 145 Å². The van der Waals surface area contributed by atoms with Crippen molar-refractivity contribution < 1.29 is 19.1 Å². The van der Waals surface area contributed by atoms with Crippen molar-refractivity contribution in [3.05, 3.63) is 29.3 Å². The van der Waals surface area contributed by atoms with Crippen LogP contribution in [0.2, 0.25) is 5.02 Å². The number of rotatable bonds is 3. The lowest BCUT2D eigenvalue weighted by Crippen LogP contribution is -2.46. The van der Waals surface area contributed by atoms with Crippen LogP contribution in [0.25, 0.3) is 0 Å². The van der Waals surface area contributed by atoms with Crippen LogP contribution in [-0.4, -0.2) is 48.9 Å².